The van der Waals surface area contributed by atoms with E-state index in [-0.39, 0.29) is 0 Å². The molecule has 0 aliphatic heterocycles. The number of rotatable bonds is 3. The predicted octanol–water partition coefficient (Wildman–Crippen LogP) is 2.71. The summed E-state index contributed by atoms with van der Waals surface area (Å²) in [4.78, 5) is 0. The van der Waals surface area contributed by atoms with E-state index >= 15 is 0 Å². The van der Waals surface area contributed by atoms with Crippen molar-refractivity contribution < 1.29 is 0 Å². The Hall–Kier alpha value is -1.07. The fourth-order valence-corrected chi connectivity index (χ4v) is 2.46. The zero-order valence-electron chi connectivity index (χ0n) is 7.78. The van der Waals surface area contributed by atoms with Gasteiger partial charge in [0.05, 0.1) is 0 Å². The van der Waals surface area contributed by atoms with E-state index < -0.39 is 0 Å². The molecule has 0 aliphatic carbocycles. The van der Waals surface area contributed by atoms with E-state index in [0.29, 0.717) is 5.82 Å². The summed E-state index contributed by atoms with van der Waals surface area (Å²) in [5.41, 5.74) is 7.99. The maximum atomic E-state index is 5.65. The number of nitrogens with one attached hydrogen (secondary N) is 1. The van der Waals surface area contributed by atoms with Crippen molar-refractivity contribution in [3.05, 3.63) is 28.0 Å². The lowest BCUT2D eigenvalue weighted by atomic mass is 10.3. The number of nitrogens with zero attached hydrogens (tertiary/aromatic N) is 1. The molecular formula is C9H11N3S2. The van der Waals surface area contributed by atoms with Crippen LogP contribution >= 0.6 is 22.9 Å². The molecule has 0 aromatic carbocycles. The summed E-state index contributed by atoms with van der Waals surface area (Å²) in [5.74, 6) is 0.628. The molecule has 0 fully saturated rings. The first-order valence-electron chi connectivity index (χ1n) is 4.24. The van der Waals surface area contributed by atoms with Gasteiger partial charge in [-0.3, -0.25) is 0 Å². The Morgan fingerprint density at radius 3 is 3.00 bits per heavy atom. The number of nitrogens with two attached hydrogens (primary N) is 1. The van der Waals surface area contributed by atoms with Crippen LogP contribution in [0.4, 0.5) is 10.8 Å². The third-order valence-electron chi connectivity index (χ3n) is 1.99. The Kier molecular flexibility index (Phi) is 2.69. The molecule has 0 spiro atoms. The van der Waals surface area contributed by atoms with Crippen LogP contribution in [0.3, 0.4) is 0 Å². The van der Waals surface area contributed by atoms with E-state index in [2.05, 4.69) is 26.5 Å². The molecule has 0 saturated heterocycles. The summed E-state index contributed by atoms with van der Waals surface area (Å²) in [6, 6.07) is 2.11. The van der Waals surface area contributed by atoms with E-state index in [1.807, 2.05) is 6.92 Å². The number of hydrogen-bond acceptors (Lipinski definition) is 5. The third kappa shape index (κ3) is 1.88. The highest BCUT2D eigenvalue weighted by Crippen LogP contribution is 2.25. The van der Waals surface area contributed by atoms with E-state index in [1.165, 1.54) is 17.1 Å². The summed E-state index contributed by atoms with van der Waals surface area (Å²) in [6.45, 7) is 2.82. The van der Waals surface area contributed by atoms with Crippen molar-refractivity contribution in [1.29, 1.82) is 0 Å². The lowest BCUT2D eigenvalue weighted by Gasteiger charge is -2.01. The second-order valence-corrected chi connectivity index (χ2v) is 4.56. The summed E-state index contributed by atoms with van der Waals surface area (Å²) < 4.78 is 4.08. The van der Waals surface area contributed by atoms with Gasteiger partial charge < -0.3 is 11.1 Å². The number of anilines is 2. The van der Waals surface area contributed by atoms with Crippen molar-refractivity contribution >= 4 is 33.7 Å². The van der Waals surface area contributed by atoms with Gasteiger partial charge in [-0.15, -0.1) is 0 Å². The average Bonchev–Trinajstić information content (AvgIpc) is 2.77. The minimum Gasteiger partial charge on any atom is -0.383 e. The number of hydrogen-bond donors (Lipinski definition) is 2. The molecule has 0 radical (unpaired) electrons. The van der Waals surface area contributed by atoms with Gasteiger partial charge in [0, 0.05) is 12.1 Å². The van der Waals surface area contributed by atoms with Crippen LogP contribution in [0.2, 0.25) is 0 Å². The minimum absolute atomic E-state index is 0.628. The van der Waals surface area contributed by atoms with Crippen molar-refractivity contribution in [3.8, 4) is 0 Å². The first-order valence-corrected chi connectivity index (χ1v) is 5.95. The Balaban J connectivity index is 2.02. The number of aromatic nitrogens is 1. The third-order valence-corrected chi connectivity index (χ3v) is 3.65. The quantitative estimate of drug-likeness (QED) is 0.844. The molecule has 74 valence electrons. The SMILES string of the molecule is Cc1c(N)nsc1NCc1ccsc1. The molecule has 2 heterocycles. The van der Waals surface area contributed by atoms with Gasteiger partial charge in [-0.1, -0.05) is 0 Å². The van der Waals surface area contributed by atoms with Crippen molar-refractivity contribution in [2.24, 2.45) is 0 Å². The summed E-state index contributed by atoms with van der Waals surface area (Å²) in [6.07, 6.45) is 0. The van der Waals surface area contributed by atoms with Crippen LogP contribution < -0.4 is 11.1 Å². The van der Waals surface area contributed by atoms with Crippen molar-refractivity contribution in [2.75, 3.05) is 11.1 Å². The molecule has 0 aliphatic rings. The highest BCUT2D eigenvalue weighted by molar-refractivity contribution is 7.10. The summed E-state index contributed by atoms with van der Waals surface area (Å²) in [7, 11) is 0. The Bertz CT molecular complexity index is 406. The highest BCUT2D eigenvalue weighted by atomic mass is 32.1. The second kappa shape index (κ2) is 3.98. The average molecular weight is 225 g/mol. The smallest absolute Gasteiger partial charge is 0.142 e. The van der Waals surface area contributed by atoms with Crippen molar-refractivity contribution in [2.45, 2.75) is 13.5 Å². The van der Waals surface area contributed by atoms with Gasteiger partial charge >= 0.3 is 0 Å². The molecule has 14 heavy (non-hydrogen) atoms. The van der Waals surface area contributed by atoms with Crippen LogP contribution in [0.25, 0.3) is 0 Å². The molecule has 0 unspecified atom stereocenters. The highest BCUT2D eigenvalue weighted by Gasteiger charge is 2.05. The van der Waals surface area contributed by atoms with E-state index in [4.69, 9.17) is 5.73 Å². The van der Waals surface area contributed by atoms with Crippen LogP contribution in [-0.2, 0) is 6.54 Å². The van der Waals surface area contributed by atoms with Crippen LogP contribution in [-0.4, -0.2) is 4.37 Å². The lowest BCUT2D eigenvalue weighted by Crippen LogP contribution is -1.97. The van der Waals surface area contributed by atoms with Gasteiger partial charge in [-0.2, -0.15) is 15.7 Å². The molecule has 3 N–H and O–H groups in total. The summed E-state index contributed by atoms with van der Waals surface area (Å²) in [5, 5.41) is 8.59. The number of nitrogen functional groups attached to an aromatic ring is 1. The lowest BCUT2D eigenvalue weighted by molar-refractivity contribution is 1.17. The van der Waals surface area contributed by atoms with Crippen LogP contribution in [0, 0.1) is 6.92 Å². The van der Waals surface area contributed by atoms with E-state index in [9.17, 15) is 0 Å². The van der Waals surface area contributed by atoms with Gasteiger partial charge in [0.1, 0.15) is 10.8 Å². The molecule has 0 bridgehead atoms. The molecule has 0 saturated carbocycles. The molecule has 2 aromatic heterocycles. The fraction of sp³-hybridized carbons (Fsp3) is 0.222. The molecule has 2 rings (SSSR count). The topological polar surface area (TPSA) is 50.9 Å². The van der Waals surface area contributed by atoms with Crippen LogP contribution in [0.15, 0.2) is 16.8 Å². The summed E-state index contributed by atoms with van der Waals surface area (Å²) >= 11 is 3.12. The number of thiophene rings is 1. The van der Waals surface area contributed by atoms with Gasteiger partial charge in [0.2, 0.25) is 0 Å². The minimum atomic E-state index is 0.628. The maximum absolute atomic E-state index is 5.65. The first kappa shape index (κ1) is 9.48. The molecule has 0 amide bonds. The van der Waals surface area contributed by atoms with Gasteiger partial charge in [-0.25, -0.2) is 0 Å². The zero-order chi connectivity index (χ0) is 9.97. The molecule has 0 atom stereocenters. The normalized spacial score (nSPS) is 10.4. The van der Waals surface area contributed by atoms with Crippen LogP contribution in [0.5, 0.6) is 0 Å². The second-order valence-electron chi connectivity index (χ2n) is 3.01. The van der Waals surface area contributed by atoms with Crippen LogP contribution in [0.1, 0.15) is 11.1 Å². The largest absolute Gasteiger partial charge is 0.383 e. The monoisotopic (exact) mass is 225 g/mol. The van der Waals surface area contributed by atoms with Crippen molar-refractivity contribution in [3.63, 3.8) is 0 Å². The van der Waals surface area contributed by atoms with E-state index in [1.54, 1.807) is 11.3 Å². The Morgan fingerprint density at radius 2 is 2.43 bits per heavy atom. The standard InChI is InChI=1S/C9H11N3S2/c1-6-8(10)12-14-9(6)11-4-7-2-3-13-5-7/h2-3,5,11H,4H2,1H3,(H2,10,12). The molecule has 3 nitrogen and oxygen atoms in total. The molecule has 5 heteroatoms. The molecule has 2 aromatic rings. The zero-order valence-corrected chi connectivity index (χ0v) is 9.41. The first-order chi connectivity index (χ1) is 6.77. The molecular weight excluding hydrogens is 214 g/mol. The Labute approximate surface area is 90.7 Å². The fourth-order valence-electron chi connectivity index (χ4n) is 1.09. The van der Waals surface area contributed by atoms with Gasteiger partial charge in [-0.05, 0) is 40.8 Å². The Morgan fingerprint density at radius 1 is 1.57 bits per heavy atom. The van der Waals surface area contributed by atoms with Gasteiger partial charge in [0.15, 0.2) is 0 Å². The van der Waals surface area contributed by atoms with Crippen molar-refractivity contribution in [1.82, 2.24) is 4.37 Å². The van der Waals surface area contributed by atoms with Gasteiger partial charge in [0.25, 0.3) is 0 Å². The van der Waals surface area contributed by atoms with E-state index in [0.717, 1.165) is 17.1 Å². The predicted molar refractivity (Wildman–Crippen MR) is 62.9 cm³/mol. The maximum Gasteiger partial charge on any atom is 0.142 e.